The summed E-state index contributed by atoms with van der Waals surface area (Å²) in [5.41, 5.74) is 3.06. The third kappa shape index (κ3) is 3.98. The average molecular weight is 158 g/mol. The number of rotatable bonds is 4. The fourth-order valence-electron chi connectivity index (χ4n) is 0.842. The third-order valence-corrected chi connectivity index (χ3v) is 1.33. The van der Waals surface area contributed by atoms with Gasteiger partial charge in [-0.3, -0.25) is 9.80 Å². The topological polar surface area (TPSA) is 32.3 Å². The van der Waals surface area contributed by atoms with Gasteiger partial charge in [0.25, 0.3) is 0 Å². The highest BCUT2D eigenvalue weighted by atomic mass is 16.2. The van der Waals surface area contributed by atoms with Gasteiger partial charge in [0.15, 0.2) is 0 Å². The lowest BCUT2D eigenvalue weighted by molar-refractivity contribution is -0.134. The van der Waals surface area contributed by atoms with Crippen molar-refractivity contribution >= 4 is 5.91 Å². The van der Waals surface area contributed by atoms with E-state index in [1.54, 1.807) is 5.01 Å². The molecule has 0 atom stereocenters. The van der Waals surface area contributed by atoms with Gasteiger partial charge in [-0.05, 0) is 20.8 Å². The first-order valence-electron chi connectivity index (χ1n) is 4.18. The summed E-state index contributed by atoms with van der Waals surface area (Å²) < 4.78 is 0. The highest BCUT2D eigenvalue weighted by Gasteiger charge is 2.08. The molecule has 0 aliphatic carbocycles. The standard InChI is InChI=1S/C8H18N2O/c1-5-8(11)10(6-2)9-7(3)4/h7,9H,5-6H2,1-4H3. The minimum absolute atomic E-state index is 0.154. The Morgan fingerprint density at radius 2 is 2.00 bits per heavy atom. The van der Waals surface area contributed by atoms with Crippen LogP contribution in [0, 0.1) is 0 Å². The van der Waals surface area contributed by atoms with E-state index in [1.807, 2.05) is 27.7 Å². The molecule has 66 valence electrons. The second-order valence-electron chi connectivity index (χ2n) is 2.78. The normalized spacial score (nSPS) is 10.3. The Bertz CT molecular complexity index is 123. The Hall–Kier alpha value is -0.570. The van der Waals surface area contributed by atoms with Crippen molar-refractivity contribution < 1.29 is 4.79 Å². The SMILES string of the molecule is CCC(=O)N(CC)NC(C)C. The number of hydrazine groups is 1. The number of carbonyl (C=O) groups excluding carboxylic acids is 1. The van der Waals surface area contributed by atoms with Crippen LogP contribution in [0.4, 0.5) is 0 Å². The number of carbonyl (C=O) groups is 1. The molecule has 3 nitrogen and oxygen atoms in total. The summed E-state index contributed by atoms with van der Waals surface area (Å²) in [5, 5.41) is 1.66. The summed E-state index contributed by atoms with van der Waals surface area (Å²) >= 11 is 0. The van der Waals surface area contributed by atoms with Gasteiger partial charge in [0.2, 0.25) is 5.91 Å². The minimum Gasteiger partial charge on any atom is -0.278 e. The molecule has 0 aromatic carbocycles. The Morgan fingerprint density at radius 3 is 2.27 bits per heavy atom. The molecule has 3 heteroatoms. The van der Waals surface area contributed by atoms with Crippen LogP contribution >= 0.6 is 0 Å². The molecule has 0 fully saturated rings. The molecular formula is C8H18N2O. The average Bonchev–Trinajstić information content (AvgIpc) is 1.98. The van der Waals surface area contributed by atoms with Crippen LogP contribution in [0.25, 0.3) is 0 Å². The maximum absolute atomic E-state index is 11.1. The quantitative estimate of drug-likeness (QED) is 0.623. The van der Waals surface area contributed by atoms with Crippen molar-refractivity contribution in [1.82, 2.24) is 10.4 Å². The van der Waals surface area contributed by atoms with E-state index in [2.05, 4.69) is 5.43 Å². The van der Waals surface area contributed by atoms with E-state index < -0.39 is 0 Å². The van der Waals surface area contributed by atoms with Crippen molar-refractivity contribution in [1.29, 1.82) is 0 Å². The van der Waals surface area contributed by atoms with E-state index >= 15 is 0 Å². The van der Waals surface area contributed by atoms with Crippen molar-refractivity contribution in [2.75, 3.05) is 6.54 Å². The molecule has 11 heavy (non-hydrogen) atoms. The van der Waals surface area contributed by atoms with E-state index in [0.29, 0.717) is 12.5 Å². The molecule has 0 aliphatic heterocycles. The zero-order valence-corrected chi connectivity index (χ0v) is 7.85. The van der Waals surface area contributed by atoms with Crippen molar-refractivity contribution in [2.45, 2.75) is 40.2 Å². The molecule has 0 saturated heterocycles. The van der Waals surface area contributed by atoms with E-state index in [1.165, 1.54) is 0 Å². The second kappa shape index (κ2) is 5.13. The van der Waals surface area contributed by atoms with Gasteiger partial charge in [0.1, 0.15) is 0 Å². The molecule has 0 bridgehead atoms. The second-order valence-corrected chi connectivity index (χ2v) is 2.78. The van der Waals surface area contributed by atoms with Crippen molar-refractivity contribution in [3.05, 3.63) is 0 Å². The van der Waals surface area contributed by atoms with Gasteiger partial charge in [-0.25, -0.2) is 5.43 Å². The lowest BCUT2D eigenvalue weighted by Crippen LogP contribution is -2.45. The van der Waals surface area contributed by atoms with Crippen LogP contribution in [-0.2, 0) is 4.79 Å². The molecule has 0 rings (SSSR count). The summed E-state index contributed by atoms with van der Waals surface area (Å²) in [5.74, 6) is 0.154. The zero-order chi connectivity index (χ0) is 8.85. The van der Waals surface area contributed by atoms with E-state index in [4.69, 9.17) is 0 Å². The molecule has 0 unspecified atom stereocenters. The number of amides is 1. The third-order valence-electron chi connectivity index (χ3n) is 1.33. The summed E-state index contributed by atoms with van der Waals surface area (Å²) in [4.78, 5) is 11.1. The van der Waals surface area contributed by atoms with Gasteiger partial charge in [-0.15, -0.1) is 0 Å². The fourth-order valence-corrected chi connectivity index (χ4v) is 0.842. The first-order valence-corrected chi connectivity index (χ1v) is 4.18. The van der Waals surface area contributed by atoms with Crippen LogP contribution in [0.1, 0.15) is 34.1 Å². The number of hydrogen-bond acceptors (Lipinski definition) is 2. The monoisotopic (exact) mass is 158 g/mol. The Balaban J connectivity index is 3.84. The molecule has 0 radical (unpaired) electrons. The lowest BCUT2D eigenvalue weighted by atomic mass is 10.4. The van der Waals surface area contributed by atoms with Crippen LogP contribution in [0.3, 0.4) is 0 Å². The molecule has 0 saturated carbocycles. The van der Waals surface area contributed by atoms with Gasteiger partial charge in [-0.2, -0.15) is 0 Å². The van der Waals surface area contributed by atoms with Crippen LogP contribution in [0.5, 0.6) is 0 Å². The fraction of sp³-hybridized carbons (Fsp3) is 0.875. The summed E-state index contributed by atoms with van der Waals surface area (Å²) in [6.07, 6.45) is 0.563. The molecule has 0 aliphatic rings. The van der Waals surface area contributed by atoms with E-state index in [9.17, 15) is 4.79 Å². The Labute approximate surface area is 68.7 Å². The van der Waals surface area contributed by atoms with Crippen molar-refractivity contribution in [2.24, 2.45) is 0 Å². The molecule has 0 spiro atoms. The molecular weight excluding hydrogens is 140 g/mol. The number of nitrogens with one attached hydrogen (secondary N) is 1. The lowest BCUT2D eigenvalue weighted by Gasteiger charge is -2.23. The van der Waals surface area contributed by atoms with Gasteiger partial charge in [-0.1, -0.05) is 6.92 Å². The van der Waals surface area contributed by atoms with Crippen LogP contribution in [0.15, 0.2) is 0 Å². The molecule has 0 aromatic heterocycles. The van der Waals surface area contributed by atoms with Crippen LogP contribution < -0.4 is 5.43 Å². The molecule has 0 aromatic rings. The minimum atomic E-state index is 0.154. The number of nitrogens with zero attached hydrogens (tertiary/aromatic N) is 1. The molecule has 0 heterocycles. The molecule has 1 amide bonds. The van der Waals surface area contributed by atoms with Crippen LogP contribution in [-0.4, -0.2) is 23.5 Å². The smallest absolute Gasteiger partial charge is 0.236 e. The number of hydrogen-bond donors (Lipinski definition) is 1. The highest BCUT2D eigenvalue weighted by Crippen LogP contribution is 1.90. The van der Waals surface area contributed by atoms with Gasteiger partial charge in [0, 0.05) is 19.0 Å². The largest absolute Gasteiger partial charge is 0.278 e. The van der Waals surface area contributed by atoms with Crippen LogP contribution in [0.2, 0.25) is 0 Å². The van der Waals surface area contributed by atoms with E-state index in [0.717, 1.165) is 6.54 Å². The Morgan fingerprint density at radius 1 is 1.45 bits per heavy atom. The van der Waals surface area contributed by atoms with Crippen molar-refractivity contribution in [3.8, 4) is 0 Å². The first-order chi connectivity index (χ1) is 5.11. The predicted molar refractivity (Wildman–Crippen MR) is 45.9 cm³/mol. The summed E-state index contributed by atoms with van der Waals surface area (Å²) in [6.45, 7) is 8.60. The maximum atomic E-state index is 11.1. The van der Waals surface area contributed by atoms with Gasteiger partial charge in [0.05, 0.1) is 0 Å². The highest BCUT2D eigenvalue weighted by molar-refractivity contribution is 5.75. The summed E-state index contributed by atoms with van der Waals surface area (Å²) in [6, 6.07) is 0.324. The maximum Gasteiger partial charge on any atom is 0.236 e. The van der Waals surface area contributed by atoms with E-state index in [-0.39, 0.29) is 5.91 Å². The summed E-state index contributed by atoms with van der Waals surface area (Å²) in [7, 11) is 0. The van der Waals surface area contributed by atoms with Crippen molar-refractivity contribution in [3.63, 3.8) is 0 Å². The zero-order valence-electron chi connectivity index (χ0n) is 7.85. The predicted octanol–water partition coefficient (Wildman–Crippen LogP) is 1.16. The first kappa shape index (κ1) is 10.4. The Kier molecular flexibility index (Phi) is 4.86. The van der Waals surface area contributed by atoms with Gasteiger partial charge < -0.3 is 0 Å². The molecule has 1 N–H and O–H groups in total. The van der Waals surface area contributed by atoms with Gasteiger partial charge >= 0.3 is 0 Å².